The minimum atomic E-state index is 0.215. The van der Waals surface area contributed by atoms with Crippen molar-refractivity contribution >= 4 is 11.6 Å². The number of benzene rings is 1. The quantitative estimate of drug-likeness (QED) is 0.820. The third-order valence-electron chi connectivity index (χ3n) is 3.46. The van der Waals surface area contributed by atoms with Crippen LogP contribution in [0.25, 0.3) is 0 Å². The Balaban J connectivity index is 3.16. The summed E-state index contributed by atoms with van der Waals surface area (Å²) in [4.78, 5) is 0. The molecule has 1 aromatic rings. The number of ether oxygens (including phenoxy) is 2. The van der Waals surface area contributed by atoms with Gasteiger partial charge in [0.1, 0.15) is 0 Å². The second-order valence-electron chi connectivity index (χ2n) is 4.76. The zero-order valence-corrected chi connectivity index (χ0v) is 13.2. The third-order valence-corrected chi connectivity index (χ3v) is 3.79. The van der Waals surface area contributed by atoms with Gasteiger partial charge in [-0.3, -0.25) is 0 Å². The van der Waals surface area contributed by atoms with Crippen LogP contribution in [0.3, 0.4) is 0 Å². The van der Waals surface area contributed by atoms with Gasteiger partial charge in [-0.1, -0.05) is 31.9 Å². The summed E-state index contributed by atoms with van der Waals surface area (Å²) in [6.45, 7) is 4.43. The Morgan fingerprint density at radius 3 is 2.26 bits per heavy atom. The molecular weight excluding hydrogens is 262 g/mol. The fraction of sp³-hybridized carbons (Fsp3) is 0.600. The Morgan fingerprint density at radius 1 is 1.21 bits per heavy atom. The van der Waals surface area contributed by atoms with Gasteiger partial charge < -0.3 is 14.8 Å². The molecule has 0 radical (unpaired) electrons. The molecule has 2 atom stereocenters. The molecule has 108 valence electrons. The zero-order valence-electron chi connectivity index (χ0n) is 12.4. The molecule has 0 fully saturated rings. The highest BCUT2D eigenvalue weighted by molar-refractivity contribution is 6.31. The fourth-order valence-electron chi connectivity index (χ4n) is 2.48. The van der Waals surface area contributed by atoms with Crippen molar-refractivity contribution < 1.29 is 9.47 Å². The van der Waals surface area contributed by atoms with Crippen molar-refractivity contribution in [2.75, 3.05) is 21.3 Å². The van der Waals surface area contributed by atoms with Crippen LogP contribution in [0.2, 0.25) is 5.02 Å². The molecule has 0 aliphatic rings. The van der Waals surface area contributed by atoms with E-state index in [0.29, 0.717) is 22.4 Å². The second kappa shape index (κ2) is 7.61. The van der Waals surface area contributed by atoms with Gasteiger partial charge in [-0.15, -0.1) is 0 Å². The number of rotatable bonds is 7. The van der Waals surface area contributed by atoms with Crippen molar-refractivity contribution in [3.8, 4) is 11.5 Å². The third kappa shape index (κ3) is 3.77. The lowest BCUT2D eigenvalue weighted by molar-refractivity contribution is 0.350. The summed E-state index contributed by atoms with van der Waals surface area (Å²) in [5, 5.41) is 4.06. The van der Waals surface area contributed by atoms with E-state index >= 15 is 0 Å². The molecule has 3 nitrogen and oxygen atoms in total. The first-order valence-electron chi connectivity index (χ1n) is 6.67. The molecule has 1 N–H and O–H groups in total. The van der Waals surface area contributed by atoms with Gasteiger partial charge in [-0.05, 0) is 31.0 Å². The maximum absolute atomic E-state index is 6.38. The Labute approximate surface area is 121 Å². The van der Waals surface area contributed by atoms with E-state index < -0.39 is 0 Å². The van der Waals surface area contributed by atoms with Gasteiger partial charge in [0, 0.05) is 17.1 Å². The van der Waals surface area contributed by atoms with Gasteiger partial charge in [-0.2, -0.15) is 0 Å². The zero-order chi connectivity index (χ0) is 14.4. The van der Waals surface area contributed by atoms with Crippen LogP contribution in [0.1, 0.15) is 38.3 Å². The van der Waals surface area contributed by atoms with Crippen molar-refractivity contribution in [2.45, 2.75) is 32.7 Å². The van der Waals surface area contributed by atoms with Crippen LogP contribution in [0.5, 0.6) is 11.5 Å². The molecule has 1 aromatic carbocycles. The predicted octanol–water partition coefficient (Wildman–Crippen LogP) is 4.05. The van der Waals surface area contributed by atoms with Gasteiger partial charge in [-0.25, -0.2) is 0 Å². The maximum atomic E-state index is 6.38. The summed E-state index contributed by atoms with van der Waals surface area (Å²) in [5.74, 6) is 1.88. The smallest absolute Gasteiger partial charge is 0.162 e. The first-order chi connectivity index (χ1) is 9.08. The Bertz CT molecular complexity index is 409. The van der Waals surface area contributed by atoms with E-state index in [-0.39, 0.29) is 6.04 Å². The van der Waals surface area contributed by atoms with E-state index in [1.54, 1.807) is 14.2 Å². The number of nitrogens with one attached hydrogen (secondary N) is 1. The molecule has 1 rings (SSSR count). The standard InChI is InChI=1S/C15H24ClNO2/c1-6-7-10(2)15(17-3)11-8-13(18-4)14(19-5)9-12(11)16/h8-10,15,17H,6-7H2,1-5H3. The maximum Gasteiger partial charge on any atom is 0.162 e. The molecule has 0 spiro atoms. The molecule has 0 saturated heterocycles. The number of hydrogen-bond donors (Lipinski definition) is 1. The monoisotopic (exact) mass is 285 g/mol. The highest BCUT2D eigenvalue weighted by Gasteiger charge is 2.21. The van der Waals surface area contributed by atoms with Gasteiger partial charge in [0.25, 0.3) is 0 Å². The SMILES string of the molecule is CCCC(C)C(NC)c1cc(OC)c(OC)cc1Cl. The van der Waals surface area contributed by atoms with Crippen molar-refractivity contribution in [3.63, 3.8) is 0 Å². The number of methoxy groups -OCH3 is 2. The van der Waals surface area contributed by atoms with Gasteiger partial charge in [0.2, 0.25) is 0 Å². The minimum absolute atomic E-state index is 0.215. The van der Waals surface area contributed by atoms with E-state index in [4.69, 9.17) is 21.1 Å². The number of halogens is 1. The fourth-order valence-corrected chi connectivity index (χ4v) is 2.75. The summed E-state index contributed by atoms with van der Waals surface area (Å²) >= 11 is 6.38. The van der Waals surface area contributed by atoms with Crippen LogP contribution in [0, 0.1) is 5.92 Å². The molecule has 0 aromatic heterocycles. The average molecular weight is 286 g/mol. The lowest BCUT2D eigenvalue weighted by Gasteiger charge is -2.25. The molecule has 2 unspecified atom stereocenters. The van der Waals surface area contributed by atoms with Gasteiger partial charge >= 0.3 is 0 Å². The van der Waals surface area contributed by atoms with Crippen LogP contribution in [-0.4, -0.2) is 21.3 Å². The van der Waals surface area contributed by atoms with Crippen LogP contribution in [-0.2, 0) is 0 Å². The predicted molar refractivity (Wildman–Crippen MR) is 80.4 cm³/mol. The van der Waals surface area contributed by atoms with E-state index in [0.717, 1.165) is 18.4 Å². The molecule has 0 heterocycles. The molecule has 19 heavy (non-hydrogen) atoms. The summed E-state index contributed by atoms with van der Waals surface area (Å²) < 4.78 is 10.6. The molecule has 0 saturated carbocycles. The molecule has 0 amide bonds. The summed E-state index contributed by atoms with van der Waals surface area (Å²) in [7, 11) is 5.21. The number of hydrogen-bond acceptors (Lipinski definition) is 3. The highest BCUT2D eigenvalue weighted by atomic mass is 35.5. The van der Waals surface area contributed by atoms with Crippen LogP contribution in [0.15, 0.2) is 12.1 Å². The lowest BCUT2D eigenvalue weighted by Crippen LogP contribution is -2.24. The first kappa shape index (κ1) is 16.1. The first-order valence-corrected chi connectivity index (χ1v) is 7.05. The molecule has 0 aliphatic heterocycles. The molecule has 0 bridgehead atoms. The van der Waals surface area contributed by atoms with Gasteiger partial charge in [0.05, 0.1) is 14.2 Å². The Kier molecular flexibility index (Phi) is 6.46. The van der Waals surface area contributed by atoms with Gasteiger partial charge in [0.15, 0.2) is 11.5 Å². The van der Waals surface area contributed by atoms with E-state index in [1.165, 1.54) is 0 Å². The topological polar surface area (TPSA) is 30.5 Å². The van der Waals surface area contributed by atoms with Crippen LogP contribution < -0.4 is 14.8 Å². The van der Waals surface area contributed by atoms with Crippen LogP contribution in [0.4, 0.5) is 0 Å². The van der Waals surface area contributed by atoms with E-state index in [1.807, 2.05) is 19.2 Å². The second-order valence-corrected chi connectivity index (χ2v) is 5.17. The van der Waals surface area contributed by atoms with Crippen LogP contribution >= 0.6 is 11.6 Å². The van der Waals surface area contributed by atoms with E-state index in [2.05, 4.69) is 19.2 Å². The van der Waals surface area contributed by atoms with Crippen molar-refractivity contribution in [1.82, 2.24) is 5.32 Å². The molecule has 4 heteroatoms. The Morgan fingerprint density at radius 2 is 1.79 bits per heavy atom. The van der Waals surface area contributed by atoms with E-state index in [9.17, 15) is 0 Å². The van der Waals surface area contributed by atoms with Crippen molar-refractivity contribution in [1.29, 1.82) is 0 Å². The normalized spacial score (nSPS) is 14.0. The lowest BCUT2D eigenvalue weighted by atomic mass is 9.91. The molecule has 0 aliphatic carbocycles. The minimum Gasteiger partial charge on any atom is -0.493 e. The summed E-state index contributed by atoms with van der Waals surface area (Å²) in [6.07, 6.45) is 2.31. The molecular formula is C15H24ClNO2. The Hall–Kier alpha value is -0.930. The summed E-state index contributed by atoms with van der Waals surface area (Å²) in [5.41, 5.74) is 1.06. The van der Waals surface area contributed by atoms with Crippen molar-refractivity contribution in [2.24, 2.45) is 5.92 Å². The average Bonchev–Trinajstić information content (AvgIpc) is 2.41. The largest absolute Gasteiger partial charge is 0.493 e. The highest BCUT2D eigenvalue weighted by Crippen LogP contribution is 2.38. The van der Waals surface area contributed by atoms with Crippen molar-refractivity contribution in [3.05, 3.63) is 22.7 Å². The summed E-state index contributed by atoms with van der Waals surface area (Å²) in [6, 6.07) is 4.00.